The number of phenolic OH excluding ortho intramolecular Hbond substituents is 3. The average molecular weight is 496 g/mol. The van der Waals surface area contributed by atoms with Gasteiger partial charge in [-0.3, -0.25) is 4.79 Å². The molecule has 5 N–H and O–H groups in total. The lowest BCUT2D eigenvalue weighted by molar-refractivity contribution is -0.00164. The third kappa shape index (κ3) is 4.72. The Kier molecular flexibility index (Phi) is 6.91. The summed E-state index contributed by atoms with van der Waals surface area (Å²) in [5, 5.41) is 49.8. The van der Waals surface area contributed by atoms with E-state index in [0.29, 0.717) is 11.1 Å². The van der Waals surface area contributed by atoms with Crippen molar-refractivity contribution in [1.29, 1.82) is 0 Å². The van der Waals surface area contributed by atoms with Crippen LogP contribution in [0.15, 0.2) is 63.8 Å². The van der Waals surface area contributed by atoms with Crippen molar-refractivity contribution in [3.63, 3.8) is 0 Å². The zero-order valence-electron chi connectivity index (χ0n) is 19.3. The van der Waals surface area contributed by atoms with Gasteiger partial charge in [-0.2, -0.15) is 0 Å². The van der Waals surface area contributed by atoms with E-state index in [4.69, 9.17) is 18.6 Å². The standard InChI is InChI=1S/C26H24O10/c1-33-21-7-14(19-11-18(31)24-17(30)9-16(29)10-20(24)35-19)8-22(34-2)26(21)36-23(12-27)25(32)13-3-5-15(28)6-4-13/h3-11,23,25,27-30,32H,12H2,1-2H3/t23-,25-/m0/s1. The van der Waals surface area contributed by atoms with Crippen LogP contribution in [-0.2, 0) is 0 Å². The molecule has 0 unspecified atom stereocenters. The van der Waals surface area contributed by atoms with E-state index < -0.39 is 30.0 Å². The second kappa shape index (κ2) is 10.1. The molecule has 0 aliphatic carbocycles. The molecule has 0 amide bonds. The summed E-state index contributed by atoms with van der Waals surface area (Å²) >= 11 is 0. The molecule has 0 spiro atoms. The Labute approximate surface area is 204 Å². The molecule has 4 rings (SSSR count). The van der Waals surface area contributed by atoms with Crippen molar-refractivity contribution in [3.05, 3.63) is 70.4 Å². The van der Waals surface area contributed by atoms with Crippen molar-refractivity contribution in [3.8, 4) is 45.8 Å². The van der Waals surface area contributed by atoms with Gasteiger partial charge < -0.3 is 44.2 Å². The zero-order chi connectivity index (χ0) is 26.0. The third-order valence-electron chi connectivity index (χ3n) is 5.58. The van der Waals surface area contributed by atoms with Crippen molar-refractivity contribution < 1.29 is 44.2 Å². The van der Waals surface area contributed by atoms with Crippen LogP contribution in [0.2, 0.25) is 0 Å². The topological polar surface area (TPSA) is 159 Å². The third-order valence-corrected chi connectivity index (χ3v) is 5.58. The van der Waals surface area contributed by atoms with Gasteiger partial charge in [0, 0.05) is 23.8 Å². The largest absolute Gasteiger partial charge is 0.508 e. The number of hydrogen-bond donors (Lipinski definition) is 5. The van der Waals surface area contributed by atoms with Crippen LogP contribution in [0.4, 0.5) is 0 Å². The lowest BCUT2D eigenvalue weighted by atomic mass is 10.0. The molecule has 0 bridgehead atoms. The van der Waals surface area contributed by atoms with Crippen LogP contribution in [0.1, 0.15) is 11.7 Å². The van der Waals surface area contributed by atoms with Crippen LogP contribution in [0, 0.1) is 0 Å². The first-order chi connectivity index (χ1) is 17.2. The zero-order valence-corrected chi connectivity index (χ0v) is 19.3. The maximum atomic E-state index is 12.6. The molecule has 36 heavy (non-hydrogen) atoms. The van der Waals surface area contributed by atoms with E-state index in [2.05, 4.69) is 0 Å². The van der Waals surface area contributed by atoms with Gasteiger partial charge in [-0.1, -0.05) is 12.1 Å². The number of fused-ring (bicyclic) bond motifs is 1. The molecular formula is C26H24O10. The van der Waals surface area contributed by atoms with Gasteiger partial charge in [-0.05, 0) is 29.8 Å². The lowest BCUT2D eigenvalue weighted by Crippen LogP contribution is -2.29. The fourth-order valence-electron chi connectivity index (χ4n) is 3.77. The molecule has 188 valence electrons. The van der Waals surface area contributed by atoms with Crippen molar-refractivity contribution in [2.24, 2.45) is 0 Å². The van der Waals surface area contributed by atoms with Gasteiger partial charge in [0.2, 0.25) is 5.75 Å². The first-order valence-electron chi connectivity index (χ1n) is 10.8. The van der Waals surface area contributed by atoms with Gasteiger partial charge in [0.25, 0.3) is 0 Å². The molecule has 4 aromatic rings. The monoisotopic (exact) mass is 496 g/mol. The summed E-state index contributed by atoms with van der Waals surface area (Å²) in [4.78, 5) is 12.6. The van der Waals surface area contributed by atoms with Crippen molar-refractivity contribution >= 4 is 11.0 Å². The number of aromatic hydroxyl groups is 3. The molecule has 10 nitrogen and oxygen atoms in total. The van der Waals surface area contributed by atoms with Crippen molar-refractivity contribution in [1.82, 2.24) is 0 Å². The summed E-state index contributed by atoms with van der Waals surface area (Å²) in [6.07, 6.45) is -2.36. The molecule has 0 aliphatic heterocycles. The van der Waals surface area contributed by atoms with Gasteiger partial charge in [0.15, 0.2) is 23.0 Å². The fourth-order valence-corrected chi connectivity index (χ4v) is 3.77. The first kappa shape index (κ1) is 24.7. The van der Waals surface area contributed by atoms with Crippen LogP contribution in [-0.4, -0.2) is 52.5 Å². The Hall–Kier alpha value is -4.41. The Morgan fingerprint density at radius 2 is 1.53 bits per heavy atom. The highest BCUT2D eigenvalue weighted by molar-refractivity contribution is 5.86. The second-order valence-corrected chi connectivity index (χ2v) is 7.90. The Bertz CT molecular complexity index is 1420. The highest BCUT2D eigenvalue weighted by Gasteiger charge is 2.26. The number of benzene rings is 3. The lowest BCUT2D eigenvalue weighted by Gasteiger charge is -2.25. The van der Waals surface area contributed by atoms with Crippen molar-refractivity contribution in [2.75, 3.05) is 20.8 Å². The summed E-state index contributed by atoms with van der Waals surface area (Å²) in [5.74, 6) is -0.169. The number of methoxy groups -OCH3 is 2. The predicted octanol–water partition coefficient (Wildman–Crippen LogP) is 3.07. The summed E-state index contributed by atoms with van der Waals surface area (Å²) < 4.78 is 22.6. The minimum absolute atomic E-state index is 0.0226. The number of hydrogen-bond acceptors (Lipinski definition) is 10. The molecule has 0 radical (unpaired) electrons. The molecule has 1 aromatic heterocycles. The van der Waals surface area contributed by atoms with E-state index in [-0.39, 0.29) is 45.5 Å². The Balaban J connectivity index is 1.75. The maximum Gasteiger partial charge on any atom is 0.204 e. The van der Waals surface area contributed by atoms with E-state index in [0.717, 1.165) is 6.07 Å². The molecule has 0 aliphatic rings. The smallest absolute Gasteiger partial charge is 0.204 e. The molecule has 10 heteroatoms. The van der Waals surface area contributed by atoms with Crippen molar-refractivity contribution in [2.45, 2.75) is 12.2 Å². The van der Waals surface area contributed by atoms with Gasteiger partial charge in [-0.15, -0.1) is 0 Å². The molecule has 2 atom stereocenters. The van der Waals surface area contributed by atoms with E-state index in [1.807, 2.05) is 0 Å². The Morgan fingerprint density at radius 1 is 0.889 bits per heavy atom. The van der Waals surface area contributed by atoms with E-state index in [1.165, 1.54) is 62.8 Å². The highest BCUT2D eigenvalue weighted by Crippen LogP contribution is 2.43. The molecule has 1 heterocycles. The van der Waals surface area contributed by atoms with Crippen LogP contribution < -0.4 is 19.6 Å². The van der Waals surface area contributed by atoms with Crippen LogP contribution in [0.5, 0.6) is 34.5 Å². The number of ether oxygens (including phenoxy) is 3. The minimum Gasteiger partial charge on any atom is -0.508 e. The summed E-state index contributed by atoms with van der Waals surface area (Å²) in [7, 11) is 2.75. The number of aliphatic hydroxyl groups is 2. The summed E-state index contributed by atoms with van der Waals surface area (Å²) in [6.45, 7) is -0.553. The molecule has 0 saturated carbocycles. The normalized spacial score (nSPS) is 12.8. The molecule has 3 aromatic carbocycles. The van der Waals surface area contributed by atoms with Crippen LogP contribution in [0.25, 0.3) is 22.3 Å². The Morgan fingerprint density at radius 3 is 2.11 bits per heavy atom. The second-order valence-electron chi connectivity index (χ2n) is 7.90. The average Bonchev–Trinajstić information content (AvgIpc) is 2.86. The quantitative estimate of drug-likeness (QED) is 0.245. The van der Waals surface area contributed by atoms with E-state index >= 15 is 0 Å². The number of rotatable bonds is 8. The fraction of sp³-hybridized carbons (Fsp3) is 0.192. The summed E-state index contributed by atoms with van der Waals surface area (Å²) in [6, 6.07) is 12.3. The minimum atomic E-state index is -1.25. The predicted molar refractivity (Wildman–Crippen MR) is 129 cm³/mol. The molecule has 0 saturated heterocycles. The van der Waals surface area contributed by atoms with Crippen LogP contribution >= 0.6 is 0 Å². The van der Waals surface area contributed by atoms with Gasteiger partial charge in [0.05, 0.1) is 20.8 Å². The number of phenols is 3. The van der Waals surface area contributed by atoms with E-state index in [9.17, 15) is 30.3 Å². The van der Waals surface area contributed by atoms with Gasteiger partial charge >= 0.3 is 0 Å². The summed E-state index contributed by atoms with van der Waals surface area (Å²) in [5.41, 5.74) is 0.216. The SMILES string of the molecule is COc1cc(-c2cc(=O)c3c(O)cc(O)cc3o2)cc(OC)c1O[C@@H](CO)[C@@H](O)c1ccc(O)cc1. The molecule has 0 fully saturated rings. The van der Waals surface area contributed by atoms with Crippen LogP contribution in [0.3, 0.4) is 0 Å². The first-order valence-corrected chi connectivity index (χ1v) is 10.8. The highest BCUT2D eigenvalue weighted by atomic mass is 16.6. The maximum absolute atomic E-state index is 12.6. The van der Waals surface area contributed by atoms with Gasteiger partial charge in [-0.25, -0.2) is 0 Å². The molecular weight excluding hydrogens is 472 g/mol. The number of aliphatic hydroxyl groups excluding tert-OH is 2. The van der Waals surface area contributed by atoms with Gasteiger partial charge in [0.1, 0.15) is 40.1 Å². The van der Waals surface area contributed by atoms with E-state index in [1.54, 1.807) is 0 Å².